The largest absolute Gasteiger partial charge is 0.334 e. The number of halogens is 1. The molecule has 20 heavy (non-hydrogen) atoms. The second kappa shape index (κ2) is 7.11. The fourth-order valence-corrected chi connectivity index (χ4v) is 3.06. The van der Waals surface area contributed by atoms with Gasteiger partial charge >= 0.3 is 0 Å². The summed E-state index contributed by atoms with van der Waals surface area (Å²) >= 11 is 5.78. The van der Waals surface area contributed by atoms with E-state index >= 15 is 0 Å². The second-order valence-corrected chi connectivity index (χ2v) is 6.04. The molecule has 1 heterocycles. The van der Waals surface area contributed by atoms with Gasteiger partial charge in [0.1, 0.15) is 5.88 Å². The molecule has 1 aromatic rings. The number of hydrogen-bond acceptors (Lipinski definition) is 2. The molecule has 0 aromatic carbocycles. The average Bonchev–Trinajstić information content (AvgIpc) is 2.93. The van der Waals surface area contributed by atoms with Gasteiger partial charge in [-0.25, -0.2) is 0 Å². The molecule has 1 aliphatic carbocycles. The van der Waals surface area contributed by atoms with Crippen molar-refractivity contribution in [2.24, 2.45) is 5.92 Å². The third-order valence-electron chi connectivity index (χ3n) is 4.22. The number of carbonyl (C=O) groups excluding carboxylic acids is 1. The van der Waals surface area contributed by atoms with Crippen molar-refractivity contribution < 1.29 is 4.79 Å². The van der Waals surface area contributed by atoms with Gasteiger partial charge in [-0.15, -0.1) is 11.6 Å². The predicted molar refractivity (Wildman–Crippen MR) is 80.6 cm³/mol. The van der Waals surface area contributed by atoms with E-state index in [-0.39, 0.29) is 11.8 Å². The first-order chi connectivity index (χ1) is 9.63. The van der Waals surface area contributed by atoms with Gasteiger partial charge in [-0.3, -0.25) is 9.48 Å². The van der Waals surface area contributed by atoms with E-state index in [9.17, 15) is 4.79 Å². The van der Waals surface area contributed by atoms with Crippen molar-refractivity contribution in [3.63, 3.8) is 0 Å². The first kappa shape index (κ1) is 15.4. The fraction of sp³-hybridized carbons (Fsp3) is 0.733. The summed E-state index contributed by atoms with van der Waals surface area (Å²) in [6.07, 6.45) is 8.44. The maximum Gasteiger partial charge on any atom is 0.238 e. The van der Waals surface area contributed by atoms with Crippen molar-refractivity contribution in [1.29, 1.82) is 0 Å². The van der Waals surface area contributed by atoms with Crippen LogP contribution in [0.5, 0.6) is 0 Å². The molecule has 1 aliphatic rings. The summed E-state index contributed by atoms with van der Waals surface area (Å²) < 4.78 is 1.89. The normalized spacial score (nSPS) is 22.8. The zero-order valence-electron chi connectivity index (χ0n) is 12.4. The smallest absolute Gasteiger partial charge is 0.238 e. The summed E-state index contributed by atoms with van der Waals surface area (Å²) in [7, 11) is 0. The molecule has 0 saturated heterocycles. The summed E-state index contributed by atoms with van der Waals surface area (Å²) in [6.45, 7) is 5.82. The van der Waals surface area contributed by atoms with Crippen LogP contribution in [0.15, 0.2) is 12.4 Å². The van der Waals surface area contributed by atoms with E-state index in [0.717, 1.165) is 30.9 Å². The molecule has 4 nitrogen and oxygen atoms in total. The molecular weight excluding hydrogens is 274 g/mol. The van der Waals surface area contributed by atoms with Crippen LogP contribution >= 0.6 is 11.6 Å². The molecule has 0 N–H and O–H groups in total. The quantitative estimate of drug-likeness (QED) is 0.784. The highest BCUT2D eigenvalue weighted by molar-refractivity contribution is 6.27. The SMILES string of the molecule is CCn1cc(CN(C(=O)CCl)C2CCC(C)CC2)cn1. The number of alkyl halides is 1. The third kappa shape index (κ3) is 3.75. The highest BCUT2D eigenvalue weighted by Gasteiger charge is 2.27. The summed E-state index contributed by atoms with van der Waals surface area (Å²) in [5, 5.41) is 4.28. The Morgan fingerprint density at radius 2 is 2.15 bits per heavy atom. The molecule has 112 valence electrons. The Labute approximate surface area is 126 Å². The van der Waals surface area contributed by atoms with Gasteiger partial charge in [0.2, 0.25) is 5.91 Å². The van der Waals surface area contributed by atoms with Crippen molar-refractivity contribution >= 4 is 17.5 Å². The van der Waals surface area contributed by atoms with Crippen LogP contribution in [0.1, 0.15) is 45.1 Å². The van der Waals surface area contributed by atoms with E-state index in [0.29, 0.717) is 12.6 Å². The van der Waals surface area contributed by atoms with E-state index < -0.39 is 0 Å². The van der Waals surface area contributed by atoms with E-state index in [1.54, 1.807) is 0 Å². The lowest BCUT2D eigenvalue weighted by atomic mass is 9.86. The van der Waals surface area contributed by atoms with Gasteiger partial charge in [0.05, 0.1) is 6.20 Å². The highest BCUT2D eigenvalue weighted by atomic mass is 35.5. The lowest BCUT2D eigenvalue weighted by Crippen LogP contribution is -2.42. The minimum absolute atomic E-state index is 0.0375. The Morgan fingerprint density at radius 1 is 1.45 bits per heavy atom. The standard InChI is InChI=1S/C15H24ClN3O/c1-3-18-10-13(9-17-18)11-19(15(20)8-16)14-6-4-12(2)5-7-14/h9-10,12,14H,3-8,11H2,1-2H3. The summed E-state index contributed by atoms with van der Waals surface area (Å²) in [6, 6.07) is 0.336. The van der Waals surface area contributed by atoms with Crippen molar-refractivity contribution in [2.45, 2.75) is 58.7 Å². The number of aromatic nitrogens is 2. The molecule has 0 radical (unpaired) electrons. The van der Waals surface area contributed by atoms with Gasteiger partial charge in [-0.2, -0.15) is 5.10 Å². The van der Waals surface area contributed by atoms with Crippen molar-refractivity contribution in [3.05, 3.63) is 18.0 Å². The van der Waals surface area contributed by atoms with Crippen molar-refractivity contribution in [1.82, 2.24) is 14.7 Å². The number of aryl methyl sites for hydroxylation is 1. The Hall–Kier alpha value is -1.03. The summed E-state index contributed by atoms with van der Waals surface area (Å²) in [5.41, 5.74) is 1.09. The van der Waals surface area contributed by atoms with Crippen LogP contribution in [-0.2, 0) is 17.9 Å². The van der Waals surface area contributed by atoms with Gasteiger partial charge in [-0.05, 0) is 38.5 Å². The summed E-state index contributed by atoms with van der Waals surface area (Å²) in [4.78, 5) is 14.1. The molecular formula is C15H24ClN3O. The van der Waals surface area contributed by atoms with Crippen LogP contribution in [0.2, 0.25) is 0 Å². The molecule has 0 spiro atoms. The molecule has 1 aromatic heterocycles. The predicted octanol–water partition coefficient (Wildman–Crippen LogP) is 3.05. The first-order valence-corrected chi connectivity index (χ1v) is 8.04. The number of amides is 1. The van der Waals surface area contributed by atoms with Gasteiger partial charge in [-0.1, -0.05) is 6.92 Å². The van der Waals surface area contributed by atoms with Gasteiger partial charge in [0.15, 0.2) is 0 Å². The van der Waals surface area contributed by atoms with E-state index in [1.165, 1.54) is 12.8 Å². The minimum atomic E-state index is 0.0375. The number of nitrogens with zero attached hydrogens (tertiary/aromatic N) is 3. The highest BCUT2D eigenvalue weighted by Crippen LogP contribution is 2.28. The zero-order valence-corrected chi connectivity index (χ0v) is 13.1. The third-order valence-corrected chi connectivity index (χ3v) is 4.45. The Morgan fingerprint density at radius 3 is 2.70 bits per heavy atom. The zero-order chi connectivity index (χ0) is 14.5. The maximum atomic E-state index is 12.1. The average molecular weight is 298 g/mol. The van der Waals surface area contributed by atoms with Crippen LogP contribution in [0.25, 0.3) is 0 Å². The topological polar surface area (TPSA) is 38.1 Å². The van der Waals surface area contributed by atoms with E-state index in [4.69, 9.17) is 11.6 Å². The van der Waals surface area contributed by atoms with Gasteiger partial charge in [0.25, 0.3) is 0 Å². The number of rotatable bonds is 5. The van der Waals surface area contributed by atoms with Crippen LogP contribution in [0.3, 0.4) is 0 Å². The maximum absolute atomic E-state index is 12.1. The van der Waals surface area contributed by atoms with Crippen LogP contribution in [0.4, 0.5) is 0 Å². The second-order valence-electron chi connectivity index (χ2n) is 5.77. The van der Waals surface area contributed by atoms with E-state index in [1.807, 2.05) is 22.0 Å². The lowest BCUT2D eigenvalue weighted by Gasteiger charge is -2.35. The number of hydrogen-bond donors (Lipinski definition) is 0. The monoisotopic (exact) mass is 297 g/mol. The van der Waals surface area contributed by atoms with Crippen LogP contribution in [0, 0.1) is 5.92 Å². The van der Waals surface area contributed by atoms with Crippen molar-refractivity contribution in [3.8, 4) is 0 Å². The molecule has 0 unspecified atom stereocenters. The molecule has 0 aliphatic heterocycles. The molecule has 0 bridgehead atoms. The van der Waals surface area contributed by atoms with Gasteiger partial charge < -0.3 is 4.90 Å². The van der Waals surface area contributed by atoms with Crippen LogP contribution < -0.4 is 0 Å². The molecule has 5 heteroatoms. The van der Waals surface area contributed by atoms with Crippen LogP contribution in [-0.4, -0.2) is 32.5 Å². The molecule has 2 rings (SSSR count). The molecule has 1 fully saturated rings. The Balaban J connectivity index is 2.05. The number of carbonyl (C=O) groups is 1. The molecule has 0 atom stereocenters. The molecule has 1 saturated carbocycles. The minimum Gasteiger partial charge on any atom is -0.334 e. The Bertz CT molecular complexity index is 438. The lowest BCUT2D eigenvalue weighted by molar-refractivity contribution is -0.132. The summed E-state index contributed by atoms with van der Waals surface area (Å²) in [5.74, 6) is 0.881. The van der Waals surface area contributed by atoms with Crippen molar-refractivity contribution in [2.75, 3.05) is 5.88 Å². The fourth-order valence-electron chi connectivity index (χ4n) is 2.91. The van der Waals surface area contributed by atoms with E-state index in [2.05, 4.69) is 18.9 Å². The Kier molecular flexibility index (Phi) is 5.46. The molecule has 1 amide bonds. The first-order valence-electron chi connectivity index (χ1n) is 7.50. The van der Waals surface area contributed by atoms with Gasteiger partial charge in [0, 0.05) is 30.9 Å².